The number of amides is 1. The van der Waals surface area contributed by atoms with Crippen LogP contribution in [-0.2, 0) is 18.0 Å². The van der Waals surface area contributed by atoms with Gasteiger partial charge in [-0.1, -0.05) is 17.8 Å². The minimum atomic E-state index is -4.38. The largest absolute Gasteiger partial charge is 0.497 e. The summed E-state index contributed by atoms with van der Waals surface area (Å²) in [5.74, 6) is 1.60. The first-order valence-electron chi connectivity index (χ1n) is 10.6. The predicted octanol–water partition coefficient (Wildman–Crippen LogP) is 3.95. The molecule has 1 amide bonds. The van der Waals surface area contributed by atoms with Gasteiger partial charge in [-0.05, 0) is 42.5 Å². The van der Waals surface area contributed by atoms with E-state index in [1.807, 2.05) is 40.8 Å². The molecule has 1 aliphatic rings. The summed E-state index contributed by atoms with van der Waals surface area (Å²) < 4.78 is 46.0. The highest BCUT2D eigenvalue weighted by atomic mass is 32.2. The molecule has 11 heteroatoms. The van der Waals surface area contributed by atoms with E-state index in [0.717, 1.165) is 23.4 Å². The number of halogens is 3. The quantitative estimate of drug-likeness (QED) is 0.487. The number of nitrogens with zero attached hydrogens (tertiary/aromatic N) is 5. The Hall–Kier alpha value is -3.21. The third-order valence-corrected chi connectivity index (χ3v) is 6.68. The summed E-state index contributed by atoms with van der Waals surface area (Å²) in [5, 5.41) is 9.07. The molecule has 0 atom stereocenters. The highest BCUT2D eigenvalue weighted by molar-refractivity contribution is 7.99. The molecule has 180 valence electrons. The zero-order valence-corrected chi connectivity index (χ0v) is 19.6. The Morgan fingerprint density at radius 2 is 1.76 bits per heavy atom. The molecule has 0 unspecified atom stereocenters. The van der Waals surface area contributed by atoms with Gasteiger partial charge in [0, 0.05) is 44.5 Å². The lowest BCUT2D eigenvalue weighted by atomic mass is 10.1. The molecule has 0 bridgehead atoms. The van der Waals surface area contributed by atoms with Gasteiger partial charge in [-0.15, -0.1) is 10.2 Å². The average Bonchev–Trinajstić information content (AvgIpc) is 3.22. The van der Waals surface area contributed by atoms with Gasteiger partial charge in [-0.2, -0.15) is 13.2 Å². The molecule has 0 saturated carbocycles. The van der Waals surface area contributed by atoms with Crippen molar-refractivity contribution in [2.45, 2.75) is 11.3 Å². The molecule has 2 aromatic carbocycles. The Bertz CT molecular complexity index is 1140. The SMILES string of the molecule is COc1ccc(-c2nnc(SCC(=O)N3CCN(c4cccc(C(F)(F)F)c4)CC3)n2C)cc1. The zero-order valence-electron chi connectivity index (χ0n) is 18.7. The second kappa shape index (κ2) is 9.96. The van der Waals surface area contributed by atoms with Crippen molar-refractivity contribution in [1.29, 1.82) is 0 Å². The molecule has 1 saturated heterocycles. The van der Waals surface area contributed by atoms with Crippen molar-refractivity contribution < 1.29 is 22.7 Å². The fourth-order valence-corrected chi connectivity index (χ4v) is 4.56. The molecule has 0 N–H and O–H groups in total. The van der Waals surface area contributed by atoms with Crippen LogP contribution in [0.4, 0.5) is 18.9 Å². The summed E-state index contributed by atoms with van der Waals surface area (Å²) in [6.07, 6.45) is -4.38. The van der Waals surface area contributed by atoms with Gasteiger partial charge in [0.1, 0.15) is 5.75 Å². The summed E-state index contributed by atoms with van der Waals surface area (Å²) in [6, 6.07) is 12.8. The van der Waals surface area contributed by atoms with Crippen LogP contribution in [0.15, 0.2) is 53.7 Å². The van der Waals surface area contributed by atoms with Crippen molar-refractivity contribution in [3.05, 3.63) is 54.1 Å². The molecule has 1 aliphatic heterocycles. The lowest BCUT2D eigenvalue weighted by Gasteiger charge is -2.36. The number of anilines is 1. The molecular weight excluding hydrogens is 467 g/mol. The molecule has 0 spiro atoms. The maximum atomic E-state index is 13.0. The van der Waals surface area contributed by atoms with Crippen LogP contribution in [0.25, 0.3) is 11.4 Å². The summed E-state index contributed by atoms with van der Waals surface area (Å²) in [6.45, 7) is 1.85. The number of piperazine rings is 1. The summed E-state index contributed by atoms with van der Waals surface area (Å²) in [5.41, 5.74) is 0.735. The summed E-state index contributed by atoms with van der Waals surface area (Å²) in [4.78, 5) is 16.3. The van der Waals surface area contributed by atoms with Crippen LogP contribution in [-0.4, -0.2) is 64.6 Å². The second-order valence-electron chi connectivity index (χ2n) is 7.80. The Balaban J connectivity index is 1.31. The molecule has 7 nitrogen and oxygen atoms in total. The molecule has 2 heterocycles. The van der Waals surface area contributed by atoms with Gasteiger partial charge >= 0.3 is 6.18 Å². The van der Waals surface area contributed by atoms with Gasteiger partial charge in [-0.3, -0.25) is 4.79 Å². The van der Waals surface area contributed by atoms with Gasteiger partial charge in [-0.25, -0.2) is 0 Å². The second-order valence-corrected chi connectivity index (χ2v) is 8.74. The van der Waals surface area contributed by atoms with E-state index in [9.17, 15) is 18.0 Å². The predicted molar refractivity (Wildman–Crippen MR) is 124 cm³/mol. The molecule has 1 aromatic heterocycles. The highest BCUT2D eigenvalue weighted by Crippen LogP contribution is 2.32. The fraction of sp³-hybridized carbons (Fsp3) is 0.348. The van der Waals surface area contributed by atoms with E-state index in [0.29, 0.717) is 42.8 Å². The third kappa shape index (κ3) is 5.30. The Labute approximate surface area is 199 Å². The van der Waals surface area contributed by atoms with E-state index >= 15 is 0 Å². The van der Waals surface area contributed by atoms with Gasteiger partial charge in [0.15, 0.2) is 11.0 Å². The number of aromatic nitrogens is 3. The first-order valence-corrected chi connectivity index (χ1v) is 11.6. The monoisotopic (exact) mass is 491 g/mol. The van der Waals surface area contributed by atoms with E-state index in [4.69, 9.17) is 4.74 Å². The van der Waals surface area contributed by atoms with Crippen LogP contribution < -0.4 is 9.64 Å². The van der Waals surface area contributed by atoms with Crippen LogP contribution in [0.3, 0.4) is 0 Å². The van der Waals surface area contributed by atoms with Crippen LogP contribution in [0.1, 0.15) is 5.56 Å². The Morgan fingerprint density at radius 3 is 2.41 bits per heavy atom. The Kier molecular flexibility index (Phi) is 7.01. The lowest BCUT2D eigenvalue weighted by Crippen LogP contribution is -2.49. The summed E-state index contributed by atoms with van der Waals surface area (Å²) >= 11 is 1.31. The lowest BCUT2D eigenvalue weighted by molar-refractivity contribution is -0.137. The van der Waals surface area contributed by atoms with E-state index in [1.165, 1.54) is 17.8 Å². The topological polar surface area (TPSA) is 63.5 Å². The maximum Gasteiger partial charge on any atom is 0.416 e. The van der Waals surface area contributed by atoms with E-state index in [1.54, 1.807) is 18.1 Å². The van der Waals surface area contributed by atoms with Crippen LogP contribution in [0.5, 0.6) is 5.75 Å². The number of methoxy groups -OCH3 is 1. The number of carbonyl (C=O) groups excluding carboxylic acids is 1. The number of carbonyl (C=O) groups is 1. The fourth-order valence-electron chi connectivity index (χ4n) is 3.74. The van der Waals surface area contributed by atoms with Crippen molar-refractivity contribution in [2.24, 2.45) is 7.05 Å². The molecule has 34 heavy (non-hydrogen) atoms. The van der Waals surface area contributed by atoms with Crippen molar-refractivity contribution >= 4 is 23.4 Å². The maximum absolute atomic E-state index is 13.0. The normalized spacial score (nSPS) is 14.4. The van der Waals surface area contributed by atoms with Gasteiger partial charge < -0.3 is 19.1 Å². The van der Waals surface area contributed by atoms with Crippen LogP contribution >= 0.6 is 11.8 Å². The number of rotatable bonds is 6. The number of thioether (sulfide) groups is 1. The standard InChI is InChI=1S/C23H24F3N5O2S/c1-29-21(16-6-8-19(33-2)9-7-16)27-28-22(29)34-15-20(32)31-12-10-30(11-13-31)18-5-3-4-17(14-18)23(24,25)26/h3-9,14H,10-13,15H2,1-2H3. The smallest absolute Gasteiger partial charge is 0.416 e. The van der Waals surface area contributed by atoms with Crippen molar-refractivity contribution in [3.63, 3.8) is 0 Å². The van der Waals surface area contributed by atoms with Crippen molar-refractivity contribution in [3.8, 4) is 17.1 Å². The molecular formula is C23H24F3N5O2S. The van der Waals surface area contributed by atoms with Gasteiger partial charge in [0.2, 0.25) is 5.91 Å². The minimum absolute atomic E-state index is 0.0392. The van der Waals surface area contributed by atoms with Crippen LogP contribution in [0.2, 0.25) is 0 Å². The van der Waals surface area contributed by atoms with Crippen LogP contribution in [0, 0.1) is 0 Å². The van der Waals surface area contributed by atoms with Gasteiger partial charge in [0.05, 0.1) is 18.4 Å². The average molecular weight is 492 g/mol. The van der Waals surface area contributed by atoms with Crippen molar-refractivity contribution in [1.82, 2.24) is 19.7 Å². The van der Waals surface area contributed by atoms with E-state index < -0.39 is 11.7 Å². The highest BCUT2D eigenvalue weighted by Gasteiger charge is 2.31. The van der Waals surface area contributed by atoms with Crippen molar-refractivity contribution in [2.75, 3.05) is 43.9 Å². The molecule has 1 fully saturated rings. The number of hydrogen-bond donors (Lipinski definition) is 0. The number of ether oxygens (including phenoxy) is 1. The number of alkyl halides is 3. The molecule has 0 aliphatic carbocycles. The number of benzene rings is 2. The first kappa shape index (κ1) is 23.9. The van der Waals surface area contributed by atoms with Gasteiger partial charge in [0.25, 0.3) is 0 Å². The molecule has 3 aromatic rings. The first-order chi connectivity index (χ1) is 16.3. The Morgan fingerprint density at radius 1 is 1.06 bits per heavy atom. The third-order valence-electron chi connectivity index (χ3n) is 5.68. The summed E-state index contributed by atoms with van der Waals surface area (Å²) in [7, 11) is 3.45. The minimum Gasteiger partial charge on any atom is -0.497 e. The van der Waals surface area contributed by atoms with E-state index in [2.05, 4.69) is 10.2 Å². The molecule has 4 rings (SSSR count). The zero-order chi connectivity index (χ0) is 24.3. The molecule has 0 radical (unpaired) electrons. The van der Waals surface area contributed by atoms with E-state index in [-0.39, 0.29) is 11.7 Å². The number of hydrogen-bond acceptors (Lipinski definition) is 6.